The highest BCUT2D eigenvalue weighted by atomic mass is 35.5. The highest BCUT2D eigenvalue weighted by Gasteiger charge is 2.16. The summed E-state index contributed by atoms with van der Waals surface area (Å²) >= 11 is 5.71. The molecule has 0 unspecified atom stereocenters. The van der Waals surface area contributed by atoms with Gasteiger partial charge in [0.2, 0.25) is 0 Å². The van der Waals surface area contributed by atoms with E-state index in [1.165, 1.54) is 6.07 Å². The van der Waals surface area contributed by atoms with Crippen molar-refractivity contribution in [1.29, 1.82) is 0 Å². The third-order valence-corrected chi connectivity index (χ3v) is 2.88. The highest BCUT2D eigenvalue weighted by molar-refractivity contribution is 6.33. The minimum absolute atomic E-state index is 0.0683. The quantitative estimate of drug-likeness (QED) is 0.846. The maximum absolute atomic E-state index is 13.9. The van der Waals surface area contributed by atoms with Crippen LogP contribution in [0, 0.1) is 5.82 Å². The van der Waals surface area contributed by atoms with Crippen LogP contribution in [-0.4, -0.2) is 7.11 Å². The predicted octanol–water partition coefficient (Wildman–Crippen LogP) is 3.44. The van der Waals surface area contributed by atoms with Crippen LogP contribution in [0.25, 0.3) is 0 Å². The number of nitrogens with two attached hydrogens (primary N) is 2. The third-order valence-electron chi connectivity index (χ3n) is 2.50. The highest BCUT2D eigenvalue weighted by Crippen LogP contribution is 2.38. The van der Waals surface area contributed by atoms with Crippen molar-refractivity contribution >= 4 is 23.0 Å². The number of nitrogen functional groups attached to an aromatic ring is 2. The van der Waals surface area contributed by atoms with Crippen molar-refractivity contribution in [3.05, 3.63) is 41.2 Å². The second kappa shape index (κ2) is 5.24. The Morgan fingerprint density at radius 3 is 2.21 bits per heavy atom. The molecule has 0 heterocycles. The lowest BCUT2D eigenvalue weighted by atomic mass is 10.2. The van der Waals surface area contributed by atoms with Gasteiger partial charge in [-0.15, -0.1) is 0 Å². The van der Waals surface area contributed by atoms with Crippen molar-refractivity contribution in [3.63, 3.8) is 0 Å². The van der Waals surface area contributed by atoms with Crippen LogP contribution < -0.4 is 20.9 Å². The average molecular weight is 283 g/mol. The van der Waals surface area contributed by atoms with E-state index < -0.39 is 5.82 Å². The minimum Gasteiger partial charge on any atom is -0.497 e. The Morgan fingerprint density at radius 1 is 1.05 bits per heavy atom. The summed E-state index contributed by atoms with van der Waals surface area (Å²) in [6.07, 6.45) is 0. The first-order valence-corrected chi connectivity index (χ1v) is 5.75. The fourth-order valence-electron chi connectivity index (χ4n) is 1.51. The molecule has 6 heteroatoms. The van der Waals surface area contributed by atoms with Crippen molar-refractivity contribution in [1.82, 2.24) is 0 Å². The Kier molecular flexibility index (Phi) is 3.66. The smallest absolute Gasteiger partial charge is 0.188 e. The van der Waals surface area contributed by atoms with Gasteiger partial charge in [-0.2, -0.15) is 0 Å². The van der Waals surface area contributed by atoms with E-state index in [1.54, 1.807) is 31.4 Å². The van der Waals surface area contributed by atoms with E-state index in [-0.39, 0.29) is 22.1 Å². The van der Waals surface area contributed by atoms with Crippen molar-refractivity contribution < 1.29 is 13.9 Å². The number of halogens is 2. The van der Waals surface area contributed by atoms with E-state index in [0.717, 1.165) is 0 Å². The molecule has 0 saturated heterocycles. The molecule has 2 aromatic rings. The number of rotatable bonds is 3. The van der Waals surface area contributed by atoms with E-state index in [2.05, 4.69) is 0 Å². The average Bonchev–Trinajstić information content (AvgIpc) is 2.42. The van der Waals surface area contributed by atoms with Gasteiger partial charge in [-0.3, -0.25) is 0 Å². The molecule has 0 bridgehead atoms. The lowest BCUT2D eigenvalue weighted by Crippen LogP contribution is -1.99. The van der Waals surface area contributed by atoms with Gasteiger partial charge < -0.3 is 20.9 Å². The molecule has 0 aromatic heterocycles. The number of ether oxygens (including phenoxy) is 2. The summed E-state index contributed by atoms with van der Waals surface area (Å²) in [5.74, 6) is 0.141. The molecule has 0 saturated carbocycles. The number of hydrogen-bond acceptors (Lipinski definition) is 4. The van der Waals surface area contributed by atoms with E-state index in [4.69, 9.17) is 32.5 Å². The van der Waals surface area contributed by atoms with Crippen molar-refractivity contribution in [2.45, 2.75) is 0 Å². The first-order chi connectivity index (χ1) is 9.02. The molecule has 2 aromatic carbocycles. The van der Waals surface area contributed by atoms with Gasteiger partial charge in [0, 0.05) is 0 Å². The molecule has 19 heavy (non-hydrogen) atoms. The van der Waals surface area contributed by atoms with Gasteiger partial charge in [-0.25, -0.2) is 4.39 Å². The molecule has 4 nitrogen and oxygen atoms in total. The van der Waals surface area contributed by atoms with Gasteiger partial charge in [0.05, 0.1) is 18.5 Å². The van der Waals surface area contributed by atoms with Crippen LogP contribution >= 0.6 is 11.6 Å². The zero-order chi connectivity index (χ0) is 14.0. The summed E-state index contributed by atoms with van der Waals surface area (Å²) in [6, 6.07) is 7.97. The number of methoxy groups -OCH3 is 1. The van der Waals surface area contributed by atoms with Gasteiger partial charge in [0.15, 0.2) is 11.6 Å². The van der Waals surface area contributed by atoms with Crippen molar-refractivity contribution in [2.24, 2.45) is 0 Å². The fourth-order valence-corrected chi connectivity index (χ4v) is 1.66. The molecule has 0 aliphatic heterocycles. The SMILES string of the molecule is COc1ccc(Oc2c(N)cc(N)c(Cl)c2F)cc1. The maximum Gasteiger partial charge on any atom is 0.188 e. The summed E-state index contributed by atoms with van der Waals surface area (Å²) in [6.45, 7) is 0. The zero-order valence-electron chi connectivity index (χ0n) is 10.1. The van der Waals surface area contributed by atoms with Gasteiger partial charge in [-0.05, 0) is 30.3 Å². The largest absolute Gasteiger partial charge is 0.497 e. The van der Waals surface area contributed by atoms with Crippen LogP contribution in [0.2, 0.25) is 5.02 Å². The Hall–Kier alpha value is -2.14. The third kappa shape index (κ3) is 2.66. The van der Waals surface area contributed by atoms with Gasteiger partial charge >= 0.3 is 0 Å². The Balaban J connectivity index is 2.35. The van der Waals surface area contributed by atoms with Crippen LogP contribution in [0.3, 0.4) is 0 Å². The first kappa shape index (κ1) is 13.3. The molecular weight excluding hydrogens is 271 g/mol. The topological polar surface area (TPSA) is 70.5 Å². The Morgan fingerprint density at radius 2 is 1.63 bits per heavy atom. The van der Waals surface area contributed by atoms with Crippen LogP contribution in [0.4, 0.5) is 15.8 Å². The molecule has 0 radical (unpaired) electrons. The second-order valence-corrected chi connectivity index (χ2v) is 4.17. The Labute approximate surface area is 114 Å². The van der Waals surface area contributed by atoms with E-state index >= 15 is 0 Å². The summed E-state index contributed by atoms with van der Waals surface area (Å²) in [5.41, 5.74) is 11.3. The molecule has 0 aliphatic rings. The van der Waals surface area contributed by atoms with E-state index in [1.807, 2.05) is 0 Å². The van der Waals surface area contributed by atoms with Crippen LogP contribution in [0.15, 0.2) is 30.3 Å². The predicted molar refractivity (Wildman–Crippen MR) is 73.3 cm³/mol. The molecule has 0 atom stereocenters. The van der Waals surface area contributed by atoms with Gasteiger partial charge in [0.25, 0.3) is 0 Å². The second-order valence-electron chi connectivity index (χ2n) is 3.79. The minimum atomic E-state index is -0.782. The molecule has 0 spiro atoms. The van der Waals surface area contributed by atoms with Gasteiger partial charge in [0.1, 0.15) is 16.5 Å². The summed E-state index contributed by atoms with van der Waals surface area (Å²) in [5, 5.41) is -0.210. The van der Waals surface area contributed by atoms with E-state index in [9.17, 15) is 4.39 Å². The normalized spacial score (nSPS) is 10.3. The summed E-state index contributed by atoms with van der Waals surface area (Å²) in [4.78, 5) is 0. The number of benzene rings is 2. The van der Waals surface area contributed by atoms with Crippen LogP contribution in [-0.2, 0) is 0 Å². The fraction of sp³-hybridized carbons (Fsp3) is 0.0769. The monoisotopic (exact) mass is 282 g/mol. The Bertz CT molecular complexity index is 603. The van der Waals surface area contributed by atoms with Gasteiger partial charge in [-0.1, -0.05) is 11.6 Å². The zero-order valence-corrected chi connectivity index (χ0v) is 10.9. The molecule has 4 N–H and O–H groups in total. The summed E-state index contributed by atoms with van der Waals surface area (Å²) < 4.78 is 24.3. The summed E-state index contributed by atoms with van der Waals surface area (Å²) in [7, 11) is 1.55. The molecule has 0 amide bonds. The van der Waals surface area contributed by atoms with Crippen molar-refractivity contribution in [3.8, 4) is 17.2 Å². The van der Waals surface area contributed by atoms with Crippen LogP contribution in [0.5, 0.6) is 17.2 Å². The van der Waals surface area contributed by atoms with E-state index in [0.29, 0.717) is 11.5 Å². The number of anilines is 2. The first-order valence-electron chi connectivity index (χ1n) is 5.37. The lowest BCUT2D eigenvalue weighted by molar-refractivity contribution is 0.411. The van der Waals surface area contributed by atoms with Crippen molar-refractivity contribution in [2.75, 3.05) is 18.6 Å². The lowest BCUT2D eigenvalue weighted by Gasteiger charge is -2.12. The molecular formula is C13H12ClFN2O2. The molecule has 2 rings (SSSR count). The molecule has 0 fully saturated rings. The molecule has 0 aliphatic carbocycles. The number of hydrogen-bond donors (Lipinski definition) is 2. The van der Waals surface area contributed by atoms with Crippen LogP contribution in [0.1, 0.15) is 0 Å². The molecule has 100 valence electrons. The maximum atomic E-state index is 13.9. The standard InChI is InChI=1S/C13H12ClFN2O2/c1-18-7-2-4-8(5-3-7)19-13-10(17)6-9(16)11(14)12(13)15/h2-6H,16-17H2,1H3.